The Morgan fingerprint density at radius 3 is 2.84 bits per heavy atom. The first-order chi connectivity index (χ1) is 15.1. The average molecular weight is 436 g/mol. The molecule has 0 spiro atoms. The molecule has 1 amide bonds. The van der Waals surface area contributed by atoms with Gasteiger partial charge in [-0.1, -0.05) is 47.5 Å². The van der Waals surface area contributed by atoms with E-state index in [4.69, 9.17) is 11.6 Å². The topological polar surface area (TPSA) is 70.2 Å². The number of hydrogen-bond donors (Lipinski definition) is 2. The van der Waals surface area contributed by atoms with E-state index in [9.17, 15) is 4.79 Å². The van der Waals surface area contributed by atoms with E-state index >= 15 is 0 Å². The Morgan fingerprint density at radius 2 is 2.03 bits per heavy atom. The maximum absolute atomic E-state index is 12.8. The number of benzene rings is 2. The number of aryl methyl sites for hydroxylation is 1. The van der Waals surface area contributed by atoms with Crippen molar-refractivity contribution < 1.29 is 4.79 Å². The molecule has 0 saturated carbocycles. The minimum absolute atomic E-state index is 0.0569. The van der Waals surface area contributed by atoms with Crippen LogP contribution in [0, 0.1) is 12.8 Å². The zero-order valence-electron chi connectivity index (χ0n) is 17.5. The number of halogens is 1. The Hall–Kier alpha value is -3.12. The Balaban J connectivity index is 1.37. The number of anilines is 3. The summed E-state index contributed by atoms with van der Waals surface area (Å²) in [4.78, 5) is 23.9. The second-order valence-electron chi connectivity index (χ2n) is 7.86. The Morgan fingerprint density at radius 1 is 1.19 bits per heavy atom. The molecule has 1 fully saturated rings. The number of carbonyl (C=O) groups excluding carboxylic acids is 1. The van der Waals surface area contributed by atoms with Gasteiger partial charge >= 0.3 is 0 Å². The predicted molar refractivity (Wildman–Crippen MR) is 125 cm³/mol. The van der Waals surface area contributed by atoms with Gasteiger partial charge in [-0.15, -0.1) is 0 Å². The van der Waals surface area contributed by atoms with E-state index in [1.165, 1.54) is 5.56 Å². The van der Waals surface area contributed by atoms with E-state index in [-0.39, 0.29) is 11.8 Å². The number of carbonyl (C=O) groups is 1. The fourth-order valence-corrected chi connectivity index (χ4v) is 3.91. The number of aromatic nitrogens is 2. The van der Waals surface area contributed by atoms with Crippen LogP contribution in [-0.2, 0) is 11.3 Å². The molecule has 2 aromatic carbocycles. The third-order valence-electron chi connectivity index (χ3n) is 5.43. The van der Waals surface area contributed by atoms with E-state index in [0.29, 0.717) is 24.1 Å². The molecule has 1 aliphatic rings. The third kappa shape index (κ3) is 5.73. The summed E-state index contributed by atoms with van der Waals surface area (Å²) in [6.07, 6.45) is 3.56. The first-order valence-corrected chi connectivity index (χ1v) is 10.9. The largest absolute Gasteiger partial charge is 0.356 e. The molecular weight excluding hydrogens is 410 g/mol. The van der Waals surface area contributed by atoms with Gasteiger partial charge in [-0.3, -0.25) is 4.79 Å². The molecule has 0 unspecified atom stereocenters. The molecule has 1 aliphatic heterocycles. The minimum Gasteiger partial charge on any atom is -0.356 e. The summed E-state index contributed by atoms with van der Waals surface area (Å²) in [5.74, 6) is 1.36. The molecule has 0 aliphatic carbocycles. The van der Waals surface area contributed by atoms with Gasteiger partial charge in [0.15, 0.2) is 0 Å². The van der Waals surface area contributed by atoms with Crippen LogP contribution in [0.5, 0.6) is 0 Å². The van der Waals surface area contributed by atoms with Gasteiger partial charge in [0.2, 0.25) is 11.9 Å². The molecule has 1 saturated heterocycles. The van der Waals surface area contributed by atoms with E-state index in [1.807, 2.05) is 30.3 Å². The van der Waals surface area contributed by atoms with Gasteiger partial charge in [-0.25, -0.2) is 4.98 Å². The lowest BCUT2D eigenvalue weighted by atomic mass is 9.97. The molecular formula is C24H26ClN5O. The van der Waals surface area contributed by atoms with Gasteiger partial charge in [-0.2, -0.15) is 4.98 Å². The van der Waals surface area contributed by atoms with E-state index in [0.717, 1.165) is 36.5 Å². The smallest absolute Gasteiger partial charge is 0.229 e. The quantitative estimate of drug-likeness (QED) is 0.586. The van der Waals surface area contributed by atoms with Crippen LogP contribution in [0.2, 0.25) is 5.02 Å². The number of hydrogen-bond acceptors (Lipinski definition) is 5. The Labute approximate surface area is 187 Å². The number of piperidine rings is 1. The standard InChI is InChI=1S/C24H26ClN5O/c1-17-7-9-18(10-8-17)15-27-23(31)19-4-3-13-30(16-19)22-11-12-26-24(29-22)28-21-6-2-5-20(25)14-21/h2,5-12,14,19H,3-4,13,15-16H2,1H3,(H,27,31)(H,26,28,29)/t19-/m0/s1. The summed E-state index contributed by atoms with van der Waals surface area (Å²) >= 11 is 6.05. The molecule has 1 aromatic heterocycles. The van der Waals surface area contributed by atoms with Crippen molar-refractivity contribution in [3.05, 3.63) is 76.9 Å². The van der Waals surface area contributed by atoms with Crippen LogP contribution in [0.1, 0.15) is 24.0 Å². The van der Waals surface area contributed by atoms with Crippen molar-refractivity contribution in [2.75, 3.05) is 23.3 Å². The molecule has 0 radical (unpaired) electrons. The lowest BCUT2D eigenvalue weighted by molar-refractivity contribution is -0.125. The zero-order valence-corrected chi connectivity index (χ0v) is 18.3. The summed E-state index contributed by atoms with van der Waals surface area (Å²) in [5, 5.41) is 6.92. The molecule has 2 heterocycles. The van der Waals surface area contributed by atoms with Crippen LogP contribution < -0.4 is 15.5 Å². The maximum Gasteiger partial charge on any atom is 0.229 e. The summed E-state index contributed by atoms with van der Waals surface area (Å²) in [7, 11) is 0. The maximum atomic E-state index is 12.8. The highest BCUT2D eigenvalue weighted by atomic mass is 35.5. The van der Waals surface area contributed by atoms with Crippen molar-refractivity contribution in [1.29, 1.82) is 0 Å². The number of rotatable bonds is 6. The van der Waals surface area contributed by atoms with E-state index in [1.54, 1.807) is 6.20 Å². The monoisotopic (exact) mass is 435 g/mol. The highest BCUT2D eigenvalue weighted by Gasteiger charge is 2.26. The predicted octanol–water partition coefficient (Wildman–Crippen LogP) is 4.71. The summed E-state index contributed by atoms with van der Waals surface area (Å²) in [6, 6.07) is 17.6. The van der Waals surface area contributed by atoms with Gasteiger partial charge in [0.1, 0.15) is 5.82 Å². The number of amides is 1. The second-order valence-corrected chi connectivity index (χ2v) is 8.30. The lowest BCUT2D eigenvalue weighted by Gasteiger charge is -2.33. The molecule has 6 nitrogen and oxygen atoms in total. The lowest BCUT2D eigenvalue weighted by Crippen LogP contribution is -2.43. The van der Waals surface area contributed by atoms with E-state index < -0.39 is 0 Å². The Bertz CT molecular complexity index is 1040. The first-order valence-electron chi connectivity index (χ1n) is 10.5. The molecule has 3 aromatic rings. The average Bonchev–Trinajstić information content (AvgIpc) is 2.79. The van der Waals surface area contributed by atoms with Gasteiger partial charge in [0.05, 0.1) is 5.92 Å². The Kier molecular flexibility index (Phi) is 6.67. The normalized spacial score (nSPS) is 16.1. The van der Waals surface area contributed by atoms with Gasteiger partial charge in [-0.05, 0) is 49.6 Å². The second kappa shape index (κ2) is 9.79. The van der Waals surface area contributed by atoms with Crippen LogP contribution in [0.15, 0.2) is 60.8 Å². The van der Waals surface area contributed by atoms with E-state index in [2.05, 4.69) is 56.7 Å². The third-order valence-corrected chi connectivity index (χ3v) is 5.66. The molecule has 31 heavy (non-hydrogen) atoms. The first kappa shape index (κ1) is 21.1. The fraction of sp³-hybridized carbons (Fsp3) is 0.292. The van der Waals surface area contributed by atoms with Crippen LogP contribution in [0.25, 0.3) is 0 Å². The summed E-state index contributed by atoms with van der Waals surface area (Å²) < 4.78 is 0. The van der Waals surface area contributed by atoms with Crippen LogP contribution in [0.4, 0.5) is 17.5 Å². The minimum atomic E-state index is -0.0569. The fourth-order valence-electron chi connectivity index (χ4n) is 3.72. The molecule has 1 atom stereocenters. The van der Waals surface area contributed by atoms with Crippen molar-refractivity contribution in [2.24, 2.45) is 5.92 Å². The van der Waals surface area contributed by atoms with Gasteiger partial charge < -0.3 is 15.5 Å². The molecule has 160 valence electrons. The number of nitrogens with one attached hydrogen (secondary N) is 2. The van der Waals surface area contributed by atoms with Crippen LogP contribution >= 0.6 is 11.6 Å². The molecule has 2 N–H and O–H groups in total. The van der Waals surface area contributed by atoms with Gasteiger partial charge in [0.25, 0.3) is 0 Å². The van der Waals surface area contributed by atoms with Crippen LogP contribution in [0.3, 0.4) is 0 Å². The number of nitrogens with zero attached hydrogens (tertiary/aromatic N) is 3. The zero-order chi connectivity index (χ0) is 21.6. The van der Waals surface area contributed by atoms with Crippen molar-refractivity contribution in [1.82, 2.24) is 15.3 Å². The summed E-state index contributed by atoms with van der Waals surface area (Å²) in [6.45, 7) is 4.13. The highest BCUT2D eigenvalue weighted by molar-refractivity contribution is 6.30. The van der Waals surface area contributed by atoms with Crippen molar-refractivity contribution in [3.63, 3.8) is 0 Å². The molecule has 0 bridgehead atoms. The highest BCUT2D eigenvalue weighted by Crippen LogP contribution is 2.24. The van der Waals surface area contributed by atoms with Gasteiger partial charge in [0, 0.05) is 36.5 Å². The molecule has 4 rings (SSSR count). The van der Waals surface area contributed by atoms with Crippen molar-refractivity contribution in [2.45, 2.75) is 26.3 Å². The molecule has 7 heteroatoms. The van der Waals surface area contributed by atoms with Crippen LogP contribution in [-0.4, -0.2) is 29.0 Å². The van der Waals surface area contributed by atoms with Crippen molar-refractivity contribution in [3.8, 4) is 0 Å². The SMILES string of the molecule is Cc1ccc(CNC(=O)[C@H]2CCCN(c3ccnc(Nc4cccc(Cl)c4)n3)C2)cc1. The van der Waals surface area contributed by atoms with Crippen molar-refractivity contribution >= 4 is 35.0 Å². The summed E-state index contributed by atoms with van der Waals surface area (Å²) in [5.41, 5.74) is 3.16.